The van der Waals surface area contributed by atoms with Crippen molar-refractivity contribution in [1.29, 1.82) is 0 Å². The van der Waals surface area contributed by atoms with Gasteiger partial charge in [-0.05, 0) is 25.1 Å². The maximum absolute atomic E-state index is 8.49. The molecule has 0 saturated carbocycles. The van der Waals surface area contributed by atoms with Crippen LogP contribution in [0, 0.1) is 0 Å². The van der Waals surface area contributed by atoms with Gasteiger partial charge in [-0.2, -0.15) is 11.8 Å². The van der Waals surface area contributed by atoms with Gasteiger partial charge in [-0.15, -0.1) is 0 Å². The first kappa shape index (κ1) is 8.37. The van der Waals surface area contributed by atoms with Crippen LogP contribution < -0.4 is 5.32 Å². The Bertz CT molecular complexity index is 83.7. The molecule has 1 aliphatic rings. The normalized spacial score (nSPS) is 25.5. The lowest BCUT2D eigenvalue weighted by Crippen LogP contribution is -2.29. The lowest BCUT2D eigenvalue weighted by molar-refractivity contribution is 0.284. The van der Waals surface area contributed by atoms with Gasteiger partial charge < -0.3 is 10.4 Å². The molecule has 0 radical (unpaired) electrons. The molecular formula is C7H15NOS. The van der Waals surface area contributed by atoms with Gasteiger partial charge >= 0.3 is 0 Å². The fourth-order valence-electron chi connectivity index (χ4n) is 1.08. The minimum Gasteiger partial charge on any atom is -0.396 e. The zero-order valence-corrected chi connectivity index (χ0v) is 6.99. The van der Waals surface area contributed by atoms with Crippen LogP contribution in [0.25, 0.3) is 0 Å². The van der Waals surface area contributed by atoms with E-state index < -0.39 is 0 Å². The van der Waals surface area contributed by atoms with Crippen molar-refractivity contribution >= 4 is 11.8 Å². The lowest BCUT2D eigenvalue weighted by atomic mass is 10.2. The van der Waals surface area contributed by atoms with Crippen LogP contribution in [0.1, 0.15) is 12.8 Å². The third-order valence-electron chi connectivity index (χ3n) is 1.70. The van der Waals surface area contributed by atoms with Crippen molar-refractivity contribution in [3.8, 4) is 0 Å². The summed E-state index contributed by atoms with van der Waals surface area (Å²) in [5, 5.41) is 11.9. The van der Waals surface area contributed by atoms with Crippen molar-refractivity contribution in [3.05, 3.63) is 0 Å². The van der Waals surface area contributed by atoms with E-state index in [0.717, 1.165) is 19.0 Å². The van der Waals surface area contributed by atoms with E-state index in [4.69, 9.17) is 5.11 Å². The maximum Gasteiger partial charge on any atom is 0.0443 e. The summed E-state index contributed by atoms with van der Waals surface area (Å²) in [5.41, 5.74) is 0. The Morgan fingerprint density at radius 1 is 1.60 bits per heavy atom. The molecule has 0 aliphatic carbocycles. The molecule has 0 amide bonds. The zero-order chi connectivity index (χ0) is 7.23. The van der Waals surface area contributed by atoms with Crippen molar-refractivity contribution in [1.82, 2.24) is 5.32 Å². The molecule has 60 valence electrons. The summed E-state index contributed by atoms with van der Waals surface area (Å²) in [6.45, 7) is 1.29. The number of aliphatic hydroxyl groups excluding tert-OH is 1. The van der Waals surface area contributed by atoms with Gasteiger partial charge in [0.15, 0.2) is 0 Å². The highest BCUT2D eigenvalue weighted by Gasteiger charge is 2.13. The van der Waals surface area contributed by atoms with Crippen molar-refractivity contribution < 1.29 is 5.11 Å². The molecule has 1 rings (SSSR count). The van der Waals surface area contributed by atoms with Crippen molar-refractivity contribution in [3.63, 3.8) is 0 Å². The fraction of sp³-hybridized carbons (Fsp3) is 1.00. The van der Waals surface area contributed by atoms with Crippen molar-refractivity contribution in [2.75, 3.05) is 24.7 Å². The second-order valence-electron chi connectivity index (χ2n) is 2.59. The highest BCUT2D eigenvalue weighted by Crippen LogP contribution is 2.16. The monoisotopic (exact) mass is 161 g/mol. The topological polar surface area (TPSA) is 32.3 Å². The quantitative estimate of drug-likeness (QED) is 0.588. The van der Waals surface area contributed by atoms with E-state index in [1.807, 2.05) is 11.8 Å². The Morgan fingerprint density at radius 2 is 2.50 bits per heavy atom. The average molecular weight is 161 g/mol. The molecule has 10 heavy (non-hydrogen) atoms. The van der Waals surface area contributed by atoms with Crippen LogP contribution in [0.4, 0.5) is 0 Å². The van der Waals surface area contributed by atoms with E-state index in [0.29, 0.717) is 6.61 Å². The van der Waals surface area contributed by atoms with Gasteiger partial charge in [-0.25, -0.2) is 0 Å². The summed E-state index contributed by atoms with van der Waals surface area (Å²) >= 11 is 2.02. The van der Waals surface area contributed by atoms with Crippen molar-refractivity contribution in [2.45, 2.75) is 18.9 Å². The number of aliphatic hydroxyl groups is 1. The van der Waals surface area contributed by atoms with Crippen LogP contribution in [0.5, 0.6) is 0 Å². The summed E-state index contributed by atoms with van der Waals surface area (Å²) in [6.07, 6.45) is 2.19. The molecule has 1 aliphatic heterocycles. The van der Waals surface area contributed by atoms with Gasteiger partial charge in [0.2, 0.25) is 0 Å². The molecule has 1 heterocycles. The highest BCUT2D eigenvalue weighted by atomic mass is 32.2. The van der Waals surface area contributed by atoms with E-state index in [9.17, 15) is 0 Å². The van der Waals surface area contributed by atoms with Gasteiger partial charge in [0.1, 0.15) is 0 Å². The minimum absolute atomic E-state index is 0.312. The molecule has 0 spiro atoms. The molecule has 1 fully saturated rings. The van der Waals surface area contributed by atoms with E-state index >= 15 is 0 Å². The Labute approximate surface area is 66.4 Å². The molecule has 0 bridgehead atoms. The number of rotatable bonds is 4. The van der Waals surface area contributed by atoms with E-state index in [-0.39, 0.29) is 0 Å². The van der Waals surface area contributed by atoms with Gasteiger partial charge in [0.05, 0.1) is 0 Å². The average Bonchev–Trinajstić information content (AvgIpc) is 2.41. The highest BCUT2D eigenvalue weighted by molar-refractivity contribution is 7.99. The molecule has 2 N–H and O–H groups in total. The largest absolute Gasteiger partial charge is 0.396 e. The zero-order valence-electron chi connectivity index (χ0n) is 6.18. The van der Waals surface area contributed by atoms with Crippen LogP contribution in [0.2, 0.25) is 0 Å². The minimum atomic E-state index is 0.312. The third kappa shape index (κ3) is 2.90. The van der Waals surface area contributed by atoms with Gasteiger partial charge in [0.25, 0.3) is 0 Å². The SMILES string of the molecule is OCCCN[C@H]1CCSC1. The summed E-state index contributed by atoms with van der Waals surface area (Å²) in [7, 11) is 0. The number of nitrogens with one attached hydrogen (secondary N) is 1. The lowest BCUT2D eigenvalue weighted by Gasteiger charge is -2.08. The molecule has 0 unspecified atom stereocenters. The Kier molecular flexibility index (Phi) is 4.18. The summed E-state index contributed by atoms with van der Waals surface area (Å²) in [5.74, 6) is 2.56. The van der Waals surface area contributed by atoms with Crippen LogP contribution in [0.3, 0.4) is 0 Å². The summed E-state index contributed by atoms with van der Waals surface area (Å²) in [6, 6.07) is 0.719. The van der Waals surface area contributed by atoms with E-state index in [1.54, 1.807) is 0 Å². The van der Waals surface area contributed by atoms with Crippen LogP contribution >= 0.6 is 11.8 Å². The Balaban J connectivity index is 1.91. The van der Waals surface area contributed by atoms with Crippen molar-refractivity contribution in [2.24, 2.45) is 0 Å². The molecule has 1 atom stereocenters. The molecule has 0 aromatic carbocycles. The second-order valence-corrected chi connectivity index (χ2v) is 3.74. The smallest absolute Gasteiger partial charge is 0.0443 e. The van der Waals surface area contributed by atoms with Crippen LogP contribution in [-0.2, 0) is 0 Å². The molecule has 1 saturated heterocycles. The maximum atomic E-state index is 8.49. The Morgan fingerprint density at radius 3 is 3.10 bits per heavy atom. The van der Waals surface area contributed by atoms with E-state index in [2.05, 4.69) is 5.32 Å². The first-order valence-electron chi connectivity index (χ1n) is 3.85. The van der Waals surface area contributed by atoms with Gasteiger partial charge in [-0.3, -0.25) is 0 Å². The molecule has 0 aromatic rings. The summed E-state index contributed by atoms with van der Waals surface area (Å²) < 4.78 is 0. The predicted octanol–water partition coefficient (Wildman–Crippen LogP) is 0.464. The predicted molar refractivity (Wildman–Crippen MR) is 45.4 cm³/mol. The van der Waals surface area contributed by atoms with Gasteiger partial charge in [0, 0.05) is 18.4 Å². The first-order valence-corrected chi connectivity index (χ1v) is 5.01. The van der Waals surface area contributed by atoms with Crippen LogP contribution in [0.15, 0.2) is 0 Å². The second kappa shape index (κ2) is 4.99. The molecule has 3 heteroatoms. The number of hydrogen-bond donors (Lipinski definition) is 2. The summed E-state index contributed by atoms with van der Waals surface area (Å²) in [4.78, 5) is 0. The third-order valence-corrected chi connectivity index (χ3v) is 2.86. The molecular weight excluding hydrogens is 146 g/mol. The fourth-order valence-corrected chi connectivity index (χ4v) is 2.27. The van der Waals surface area contributed by atoms with Crippen LogP contribution in [-0.4, -0.2) is 35.8 Å². The van der Waals surface area contributed by atoms with Gasteiger partial charge in [-0.1, -0.05) is 0 Å². The number of thioether (sulfide) groups is 1. The Hall–Kier alpha value is 0.270. The molecule has 2 nitrogen and oxygen atoms in total. The van der Waals surface area contributed by atoms with E-state index in [1.165, 1.54) is 17.9 Å². The molecule has 0 aromatic heterocycles. The number of hydrogen-bond acceptors (Lipinski definition) is 3. The standard InChI is InChI=1S/C7H15NOS/c9-4-1-3-8-7-2-5-10-6-7/h7-9H,1-6H2/t7-/m0/s1. The first-order chi connectivity index (χ1) is 4.93.